The molecule has 2 fully saturated rings. The van der Waals surface area contributed by atoms with Gasteiger partial charge in [0, 0.05) is 11.5 Å². The van der Waals surface area contributed by atoms with Crippen molar-refractivity contribution < 1.29 is 19.7 Å². The summed E-state index contributed by atoms with van der Waals surface area (Å²) >= 11 is 1.53. The standard InChI is InChI=1S/C9H16O4S/c1-9(2)12-7-5(10)3-14-4-6(11)8(7)13-9/h5-8,10-11H,3-4H2,1-2H3/t5-,6+,7-,8-/m1/s1. The van der Waals surface area contributed by atoms with Gasteiger partial charge in [0.1, 0.15) is 12.2 Å². The monoisotopic (exact) mass is 220 g/mol. The zero-order valence-electron chi connectivity index (χ0n) is 8.34. The third-order valence-corrected chi connectivity index (χ3v) is 3.65. The average Bonchev–Trinajstić information content (AvgIpc) is 2.35. The molecule has 4 atom stereocenters. The van der Waals surface area contributed by atoms with Crippen LogP contribution in [0.2, 0.25) is 0 Å². The van der Waals surface area contributed by atoms with Crippen LogP contribution in [0.4, 0.5) is 0 Å². The lowest BCUT2D eigenvalue weighted by Crippen LogP contribution is -2.41. The summed E-state index contributed by atoms with van der Waals surface area (Å²) in [5.74, 6) is 0.495. The normalized spacial score (nSPS) is 47.1. The van der Waals surface area contributed by atoms with Gasteiger partial charge in [-0.05, 0) is 13.8 Å². The van der Waals surface area contributed by atoms with Crippen molar-refractivity contribution in [1.29, 1.82) is 0 Å². The van der Waals surface area contributed by atoms with Crippen molar-refractivity contribution in [3.05, 3.63) is 0 Å². The molecule has 0 saturated carbocycles. The Morgan fingerprint density at radius 3 is 1.93 bits per heavy atom. The molecular formula is C9H16O4S. The summed E-state index contributed by atoms with van der Waals surface area (Å²) in [5.41, 5.74) is 0. The number of aliphatic hydroxyl groups is 2. The van der Waals surface area contributed by atoms with Gasteiger partial charge in [0.2, 0.25) is 0 Å². The van der Waals surface area contributed by atoms with Crippen LogP contribution in [-0.2, 0) is 9.47 Å². The van der Waals surface area contributed by atoms with E-state index < -0.39 is 30.2 Å². The van der Waals surface area contributed by atoms with E-state index in [1.54, 1.807) is 13.8 Å². The van der Waals surface area contributed by atoms with Crippen molar-refractivity contribution in [2.45, 2.75) is 44.1 Å². The summed E-state index contributed by atoms with van der Waals surface area (Å²) in [4.78, 5) is 0. The third kappa shape index (κ3) is 1.92. The van der Waals surface area contributed by atoms with Gasteiger partial charge >= 0.3 is 0 Å². The van der Waals surface area contributed by atoms with Gasteiger partial charge < -0.3 is 19.7 Å². The SMILES string of the molecule is CC1(C)O[C@H]2[C@H](O1)[C@@H](O)CSC[C@H]2O. The lowest BCUT2D eigenvalue weighted by molar-refractivity contribution is -0.159. The molecule has 0 aromatic carbocycles. The van der Waals surface area contributed by atoms with Gasteiger partial charge in [0.05, 0.1) is 12.2 Å². The molecule has 0 radical (unpaired) electrons. The number of thioether (sulfide) groups is 1. The molecule has 0 aliphatic carbocycles. The Hall–Kier alpha value is 0.190. The molecule has 2 rings (SSSR count). The van der Waals surface area contributed by atoms with Crippen LogP contribution in [0.15, 0.2) is 0 Å². The summed E-state index contributed by atoms with van der Waals surface area (Å²) in [7, 11) is 0. The molecule has 2 aliphatic rings. The minimum atomic E-state index is -0.695. The highest BCUT2D eigenvalue weighted by atomic mass is 32.2. The minimum Gasteiger partial charge on any atom is -0.389 e. The second-order valence-electron chi connectivity index (χ2n) is 4.24. The van der Waals surface area contributed by atoms with E-state index in [0.717, 1.165) is 0 Å². The number of ether oxygens (including phenoxy) is 2. The largest absolute Gasteiger partial charge is 0.389 e. The molecule has 14 heavy (non-hydrogen) atoms. The second kappa shape index (κ2) is 3.64. The molecule has 2 N–H and O–H groups in total. The maximum Gasteiger partial charge on any atom is 0.164 e. The first-order valence-corrected chi connectivity index (χ1v) is 5.94. The first-order chi connectivity index (χ1) is 6.49. The molecule has 0 aromatic rings. The maximum atomic E-state index is 9.77. The number of fused-ring (bicyclic) bond motifs is 1. The van der Waals surface area contributed by atoms with Gasteiger partial charge in [0.25, 0.3) is 0 Å². The summed E-state index contributed by atoms with van der Waals surface area (Å²) in [6.07, 6.45) is -1.89. The van der Waals surface area contributed by atoms with E-state index in [-0.39, 0.29) is 0 Å². The molecule has 0 amide bonds. The van der Waals surface area contributed by atoms with Crippen molar-refractivity contribution >= 4 is 11.8 Å². The lowest BCUT2D eigenvalue weighted by atomic mass is 10.1. The van der Waals surface area contributed by atoms with Crippen molar-refractivity contribution in [3.8, 4) is 0 Å². The smallest absolute Gasteiger partial charge is 0.164 e. The van der Waals surface area contributed by atoms with Crippen molar-refractivity contribution in [2.75, 3.05) is 11.5 Å². The Morgan fingerprint density at radius 2 is 1.50 bits per heavy atom. The Morgan fingerprint density at radius 1 is 1.07 bits per heavy atom. The molecule has 0 aromatic heterocycles. The second-order valence-corrected chi connectivity index (χ2v) is 5.31. The molecule has 2 aliphatic heterocycles. The zero-order chi connectivity index (χ0) is 10.3. The molecule has 0 unspecified atom stereocenters. The molecule has 82 valence electrons. The Bertz CT molecular complexity index is 201. The van der Waals surface area contributed by atoms with E-state index in [9.17, 15) is 10.2 Å². The van der Waals surface area contributed by atoms with Gasteiger partial charge in [-0.25, -0.2) is 0 Å². The van der Waals surface area contributed by atoms with Crippen LogP contribution in [0.3, 0.4) is 0 Å². The van der Waals surface area contributed by atoms with Crippen LogP contribution in [0.25, 0.3) is 0 Å². The Balaban J connectivity index is 2.16. The fourth-order valence-electron chi connectivity index (χ4n) is 1.91. The van der Waals surface area contributed by atoms with E-state index in [1.807, 2.05) is 0 Å². The van der Waals surface area contributed by atoms with Gasteiger partial charge in [-0.2, -0.15) is 11.8 Å². The number of hydrogen-bond donors (Lipinski definition) is 2. The fraction of sp³-hybridized carbons (Fsp3) is 1.00. The molecule has 4 nitrogen and oxygen atoms in total. The predicted molar refractivity (Wildman–Crippen MR) is 53.2 cm³/mol. The highest BCUT2D eigenvalue weighted by molar-refractivity contribution is 7.99. The fourth-order valence-corrected chi connectivity index (χ4v) is 2.91. The van der Waals surface area contributed by atoms with E-state index in [1.165, 1.54) is 11.8 Å². The number of aliphatic hydroxyl groups excluding tert-OH is 2. The number of rotatable bonds is 0. The van der Waals surface area contributed by atoms with Crippen molar-refractivity contribution in [2.24, 2.45) is 0 Å². The first kappa shape index (κ1) is 10.7. The maximum absolute atomic E-state index is 9.77. The Labute approximate surface area is 87.6 Å². The Kier molecular flexibility index (Phi) is 2.79. The molecule has 0 bridgehead atoms. The summed E-state index contributed by atoms with van der Waals surface area (Å²) in [6.45, 7) is 3.60. The highest BCUT2D eigenvalue weighted by Gasteiger charge is 2.49. The van der Waals surface area contributed by atoms with Crippen LogP contribution in [0.1, 0.15) is 13.8 Å². The van der Waals surface area contributed by atoms with Gasteiger partial charge in [-0.15, -0.1) is 0 Å². The number of hydrogen-bond acceptors (Lipinski definition) is 5. The predicted octanol–water partition coefficient (Wildman–Crippen LogP) is -0.0249. The summed E-state index contributed by atoms with van der Waals surface area (Å²) < 4.78 is 11.1. The van der Waals surface area contributed by atoms with Gasteiger partial charge in [-0.3, -0.25) is 0 Å². The van der Waals surface area contributed by atoms with E-state index in [0.29, 0.717) is 11.5 Å². The van der Waals surface area contributed by atoms with Gasteiger partial charge in [-0.1, -0.05) is 0 Å². The molecule has 5 heteroatoms. The van der Waals surface area contributed by atoms with Crippen LogP contribution in [0.5, 0.6) is 0 Å². The van der Waals surface area contributed by atoms with E-state index in [4.69, 9.17) is 9.47 Å². The first-order valence-electron chi connectivity index (χ1n) is 4.79. The summed E-state index contributed by atoms with van der Waals surface area (Å²) in [5, 5.41) is 19.5. The van der Waals surface area contributed by atoms with Crippen LogP contribution >= 0.6 is 11.8 Å². The van der Waals surface area contributed by atoms with Crippen molar-refractivity contribution in [3.63, 3.8) is 0 Å². The molecule has 0 spiro atoms. The molecule has 2 heterocycles. The minimum absolute atomic E-state index is 0.394. The topological polar surface area (TPSA) is 58.9 Å². The van der Waals surface area contributed by atoms with Crippen LogP contribution < -0.4 is 0 Å². The average molecular weight is 220 g/mol. The van der Waals surface area contributed by atoms with E-state index >= 15 is 0 Å². The summed E-state index contributed by atoms with van der Waals surface area (Å²) in [6, 6.07) is 0. The van der Waals surface area contributed by atoms with Gasteiger partial charge in [0.15, 0.2) is 5.79 Å². The van der Waals surface area contributed by atoms with Crippen LogP contribution in [0, 0.1) is 0 Å². The van der Waals surface area contributed by atoms with E-state index in [2.05, 4.69) is 0 Å². The van der Waals surface area contributed by atoms with Crippen LogP contribution in [-0.4, -0.2) is 51.9 Å². The molecule has 2 saturated heterocycles. The molecular weight excluding hydrogens is 204 g/mol. The quantitative estimate of drug-likeness (QED) is 0.600. The lowest BCUT2D eigenvalue weighted by Gasteiger charge is -2.20. The third-order valence-electron chi connectivity index (χ3n) is 2.50. The zero-order valence-corrected chi connectivity index (χ0v) is 9.16. The van der Waals surface area contributed by atoms with Crippen molar-refractivity contribution in [1.82, 2.24) is 0 Å². The highest BCUT2D eigenvalue weighted by Crippen LogP contribution is 2.35.